The van der Waals surface area contributed by atoms with Crippen LogP contribution in [0.2, 0.25) is 0 Å². The third kappa shape index (κ3) is 14.6. The van der Waals surface area contributed by atoms with Crippen molar-refractivity contribution in [3.05, 3.63) is 0 Å². The van der Waals surface area contributed by atoms with Gasteiger partial charge in [-0.3, -0.25) is 0 Å². The topological polar surface area (TPSA) is 97.6 Å². The van der Waals surface area contributed by atoms with Crippen molar-refractivity contribution in [1.82, 2.24) is 0 Å². The Bertz CT molecular complexity index is 210. The summed E-state index contributed by atoms with van der Waals surface area (Å²) in [6.45, 7) is 6.21. The average Bonchev–Trinajstić information content (AvgIpc) is 2.63. The summed E-state index contributed by atoms with van der Waals surface area (Å²) in [5, 5.41) is 26.7. The van der Waals surface area contributed by atoms with Gasteiger partial charge in [-0.15, -0.1) is 0 Å². The quantitative estimate of drug-likeness (QED) is 0.276. The molecular formula is C18H38O7. The monoisotopic (exact) mass is 366 g/mol. The standard InChI is InChI=1S/C18H38O7/c1-2-3-10-22-14-18(15-23-11-4-7-19,16-24-12-5-8-20)17-25-13-6-9-21/h19-21H,2-17H2,1H3. The fourth-order valence-corrected chi connectivity index (χ4v) is 2.15. The van der Waals surface area contributed by atoms with Crippen LogP contribution in [-0.2, 0) is 18.9 Å². The minimum absolute atomic E-state index is 0.0972. The molecule has 0 fully saturated rings. The fourth-order valence-electron chi connectivity index (χ4n) is 2.15. The number of hydrogen-bond donors (Lipinski definition) is 3. The SMILES string of the molecule is CCCCOCC(COCCCO)(COCCCO)COCCCO. The smallest absolute Gasteiger partial charge is 0.0637 e. The van der Waals surface area contributed by atoms with Gasteiger partial charge < -0.3 is 34.3 Å². The number of aliphatic hydroxyl groups excluding tert-OH is 3. The van der Waals surface area contributed by atoms with Crippen LogP contribution in [0.25, 0.3) is 0 Å². The molecule has 0 spiro atoms. The molecule has 152 valence electrons. The van der Waals surface area contributed by atoms with Gasteiger partial charge in [0.1, 0.15) is 0 Å². The Morgan fingerprint density at radius 3 is 1.16 bits per heavy atom. The molecule has 0 bridgehead atoms. The normalized spacial score (nSPS) is 12.0. The number of hydrogen-bond acceptors (Lipinski definition) is 7. The molecule has 7 nitrogen and oxygen atoms in total. The summed E-state index contributed by atoms with van der Waals surface area (Å²) in [7, 11) is 0. The van der Waals surface area contributed by atoms with E-state index in [2.05, 4.69) is 6.92 Å². The number of aliphatic hydroxyl groups is 3. The zero-order chi connectivity index (χ0) is 18.6. The molecular weight excluding hydrogens is 328 g/mol. The Morgan fingerprint density at radius 1 is 0.560 bits per heavy atom. The molecule has 0 amide bonds. The predicted octanol–water partition coefficient (Wildman–Crippen LogP) is 0.987. The molecule has 0 aliphatic rings. The third-order valence-electron chi connectivity index (χ3n) is 3.62. The molecule has 0 saturated heterocycles. The average molecular weight is 366 g/mol. The lowest BCUT2D eigenvalue weighted by Gasteiger charge is -2.33. The molecule has 0 unspecified atom stereocenters. The van der Waals surface area contributed by atoms with Gasteiger partial charge in [0.15, 0.2) is 0 Å². The van der Waals surface area contributed by atoms with Crippen molar-refractivity contribution in [2.45, 2.75) is 39.0 Å². The highest BCUT2D eigenvalue weighted by Crippen LogP contribution is 2.21. The maximum absolute atomic E-state index is 8.90. The van der Waals surface area contributed by atoms with Crippen LogP contribution in [0, 0.1) is 5.41 Å². The van der Waals surface area contributed by atoms with Crippen molar-refractivity contribution >= 4 is 0 Å². The molecule has 3 N–H and O–H groups in total. The van der Waals surface area contributed by atoms with Gasteiger partial charge in [-0.2, -0.15) is 0 Å². The first-order valence-corrected chi connectivity index (χ1v) is 9.38. The van der Waals surface area contributed by atoms with Crippen LogP contribution in [0.5, 0.6) is 0 Å². The highest BCUT2D eigenvalue weighted by molar-refractivity contribution is 4.79. The summed E-state index contributed by atoms with van der Waals surface area (Å²) in [6.07, 6.45) is 3.83. The van der Waals surface area contributed by atoms with Crippen LogP contribution < -0.4 is 0 Å². The summed E-state index contributed by atoms with van der Waals surface area (Å²) in [4.78, 5) is 0. The Balaban J connectivity index is 4.62. The lowest BCUT2D eigenvalue weighted by molar-refractivity contribution is -0.109. The van der Waals surface area contributed by atoms with Crippen LogP contribution in [0.4, 0.5) is 0 Å². The Labute approximate surface area is 152 Å². The number of ether oxygens (including phenoxy) is 4. The maximum Gasteiger partial charge on any atom is 0.0637 e. The van der Waals surface area contributed by atoms with Gasteiger partial charge in [-0.05, 0) is 25.7 Å². The first kappa shape index (κ1) is 24.7. The van der Waals surface area contributed by atoms with E-state index < -0.39 is 5.41 Å². The molecule has 0 atom stereocenters. The first-order valence-electron chi connectivity index (χ1n) is 9.38. The Morgan fingerprint density at radius 2 is 0.880 bits per heavy atom. The van der Waals surface area contributed by atoms with Gasteiger partial charge >= 0.3 is 0 Å². The van der Waals surface area contributed by atoms with E-state index in [1.165, 1.54) is 0 Å². The molecule has 7 heteroatoms. The summed E-state index contributed by atoms with van der Waals surface area (Å²) in [5.74, 6) is 0. The highest BCUT2D eigenvalue weighted by Gasteiger charge is 2.32. The van der Waals surface area contributed by atoms with E-state index in [0.29, 0.717) is 72.1 Å². The molecule has 0 aliphatic carbocycles. The number of rotatable bonds is 20. The van der Waals surface area contributed by atoms with E-state index in [0.717, 1.165) is 12.8 Å². The largest absolute Gasteiger partial charge is 0.396 e. The van der Waals surface area contributed by atoms with Crippen molar-refractivity contribution in [2.75, 3.05) is 72.7 Å². The van der Waals surface area contributed by atoms with Gasteiger partial charge in [0.05, 0.1) is 31.8 Å². The van der Waals surface area contributed by atoms with E-state index in [1.807, 2.05) is 0 Å². The van der Waals surface area contributed by atoms with Crippen molar-refractivity contribution in [2.24, 2.45) is 5.41 Å². The molecule has 0 radical (unpaired) electrons. The second-order valence-electron chi connectivity index (χ2n) is 6.30. The summed E-state index contributed by atoms with van der Waals surface area (Å²) in [5.41, 5.74) is -0.436. The van der Waals surface area contributed by atoms with Crippen LogP contribution in [0.3, 0.4) is 0 Å². The van der Waals surface area contributed by atoms with E-state index in [9.17, 15) is 0 Å². The maximum atomic E-state index is 8.90. The first-order chi connectivity index (χ1) is 12.2. The van der Waals surface area contributed by atoms with Crippen molar-refractivity contribution in [1.29, 1.82) is 0 Å². The van der Waals surface area contributed by atoms with Crippen molar-refractivity contribution in [3.8, 4) is 0 Å². The molecule has 0 saturated carbocycles. The molecule has 0 heterocycles. The molecule has 0 rings (SSSR count). The zero-order valence-corrected chi connectivity index (χ0v) is 15.8. The lowest BCUT2D eigenvalue weighted by Crippen LogP contribution is -2.42. The third-order valence-corrected chi connectivity index (χ3v) is 3.62. The summed E-state index contributed by atoms with van der Waals surface area (Å²) >= 11 is 0. The summed E-state index contributed by atoms with van der Waals surface area (Å²) in [6, 6.07) is 0. The van der Waals surface area contributed by atoms with E-state index in [1.54, 1.807) is 0 Å². The van der Waals surface area contributed by atoms with Crippen molar-refractivity contribution in [3.63, 3.8) is 0 Å². The van der Waals surface area contributed by atoms with Gasteiger partial charge in [-0.25, -0.2) is 0 Å². The van der Waals surface area contributed by atoms with Crippen molar-refractivity contribution < 1.29 is 34.3 Å². The van der Waals surface area contributed by atoms with Gasteiger partial charge in [-0.1, -0.05) is 13.3 Å². The Kier molecular flexibility index (Phi) is 18.3. The molecule has 0 aromatic heterocycles. The predicted molar refractivity (Wildman–Crippen MR) is 95.7 cm³/mol. The van der Waals surface area contributed by atoms with Crippen LogP contribution in [0.1, 0.15) is 39.0 Å². The zero-order valence-electron chi connectivity index (χ0n) is 15.8. The Hall–Kier alpha value is -0.280. The van der Waals surface area contributed by atoms with Gasteiger partial charge in [0.2, 0.25) is 0 Å². The lowest BCUT2D eigenvalue weighted by atomic mass is 9.92. The minimum atomic E-state index is -0.436. The summed E-state index contributed by atoms with van der Waals surface area (Å²) < 4.78 is 23.0. The van der Waals surface area contributed by atoms with E-state index >= 15 is 0 Å². The van der Waals surface area contributed by atoms with E-state index in [4.69, 9.17) is 34.3 Å². The molecule has 0 aromatic carbocycles. The molecule has 0 aromatic rings. The molecule has 0 aliphatic heterocycles. The van der Waals surface area contributed by atoms with Crippen LogP contribution >= 0.6 is 0 Å². The van der Waals surface area contributed by atoms with Gasteiger partial charge in [0.25, 0.3) is 0 Å². The minimum Gasteiger partial charge on any atom is -0.396 e. The fraction of sp³-hybridized carbons (Fsp3) is 1.00. The van der Waals surface area contributed by atoms with Crippen LogP contribution in [0.15, 0.2) is 0 Å². The molecule has 25 heavy (non-hydrogen) atoms. The highest BCUT2D eigenvalue weighted by atomic mass is 16.5. The second kappa shape index (κ2) is 18.5. The van der Waals surface area contributed by atoms with Gasteiger partial charge in [0, 0.05) is 46.2 Å². The van der Waals surface area contributed by atoms with E-state index in [-0.39, 0.29) is 19.8 Å². The second-order valence-corrected chi connectivity index (χ2v) is 6.30. The van der Waals surface area contributed by atoms with Crippen LogP contribution in [-0.4, -0.2) is 88.0 Å². The number of unbranched alkanes of at least 4 members (excludes halogenated alkanes) is 1.